The molecule has 0 aromatic heterocycles. The molecular formula is C12H22F2OSi. The Kier molecular flexibility index (Phi) is 4.92. The minimum Gasteiger partial charge on any atom is -0.540 e. The molecule has 0 aliphatic carbocycles. The minimum atomic E-state index is -2.21. The molecule has 0 N–H and O–H groups in total. The second-order valence-corrected chi connectivity index (χ2v) is 10.1. The number of allylic oxidation sites excluding steroid dienone is 2. The van der Waals surface area contributed by atoms with Gasteiger partial charge in [-0.25, -0.2) is 8.78 Å². The summed E-state index contributed by atoms with van der Waals surface area (Å²) in [6.07, 6.45) is 0.118. The summed E-state index contributed by atoms with van der Waals surface area (Å²) in [6.45, 7) is 14.7. The lowest BCUT2D eigenvalue weighted by molar-refractivity contribution is 0.344. The SMILES string of the molecule is C=C(F)/C(O[Si](C)(C)C(C)(C)C)=C(/F)CC. The first-order chi connectivity index (χ1) is 7.03. The van der Waals surface area contributed by atoms with Crippen LogP contribution < -0.4 is 0 Å². The molecule has 1 nitrogen and oxygen atoms in total. The van der Waals surface area contributed by atoms with Crippen LogP contribution in [0, 0.1) is 0 Å². The van der Waals surface area contributed by atoms with Crippen molar-refractivity contribution in [2.45, 2.75) is 52.2 Å². The number of rotatable bonds is 4. The summed E-state index contributed by atoms with van der Waals surface area (Å²) in [6, 6.07) is 0. The van der Waals surface area contributed by atoms with Gasteiger partial charge in [0.1, 0.15) is 5.83 Å². The fourth-order valence-corrected chi connectivity index (χ4v) is 1.86. The maximum Gasteiger partial charge on any atom is 0.250 e. The van der Waals surface area contributed by atoms with Crippen LogP contribution in [0.5, 0.6) is 0 Å². The van der Waals surface area contributed by atoms with Crippen molar-refractivity contribution in [3.63, 3.8) is 0 Å². The Balaban J connectivity index is 5.15. The first-order valence-corrected chi connectivity index (χ1v) is 8.36. The highest BCUT2D eigenvalue weighted by Gasteiger charge is 2.40. The van der Waals surface area contributed by atoms with Gasteiger partial charge in [-0.2, -0.15) is 0 Å². The highest BCUT2D eigenvalue weighted by atomic mass is 28.4. The van der Waals surface area contributed by atoms with E-state index in [-0.39, 0.29) is 17.2 Å². The van der Waals surface area contributed by atoms with E-state index < -0.39 is 20.0 Å². The highest BCUT2D eigenvalue weighted by Crippen LogP contribution is 2.39. The van der Waals surface area contributed by atoms with Crippen LogP contribution in [0.25, 0.3) is 0 Å². The Morgan fingerprint density at radius 2 is 1.69 bits per heavy atom. The third-order valence-corrected chi connectivity index (χ3v) is 7.29. The van der Waals surface area contributed by atoms with E-state index >= 15 is 0 Å². The molecule has 0 rings (SSSR count). The maximum atomic E-state index is 13.4. The predicted molar refractivity (Wildman–Crippen MR) is 67.0 cm³/mol. The van der Waals surface area contributed by atoms with E-state index in [0.717, 1.165) is 0 Å². The zero-order chi connectivity index (χ0) is 13.1. The molecule has 94 valence electrons. The molecule has 0 aromatic carbocycles. The van der Waals surface area contributed by atoms with Crippen LogP contribution in [0.2, 0.25) is 18.1 Å². The standard InChI is InChI=1S/C12H22F2OSi/c1-8-10(14)11(9(2)13)15-16(6,7)12(3,4)5/h2,8H2,1,3-7H3/b11-10-. The van der Waals surface area contributed by atoms with E-state index in [1.807, 2.05) is 33.9 Å². The number of hydrogen-bond acceptors (Lipinski definition) is 1. The van der Waals surface area contributed by atoms with E-state index in [1.165, 1.54) is 0 Å². The van der Waals surface area contributed by atoms with Gasteiger partial charge in [-0.15, -0.1) is 0 Å². The Bertz CT molecular complexity index is 301. The maximum absolute atomic E-state index is 13.4. The van der Waals surface area contributed by atoms with Gasteiger partial charge in [-0.05, 0) is 18.1 Å². The third-order valence-electron chi connectivity index (χ3n) is 2.97. The van der Waals surface area contributed by atoms with Crippen molar-refractivity contribution >= 4 is 8.32 Å². The molecule has 0 saturated heterocycles. The summed E-state index contributed by atoms with van der Waals surface area (Å²) >= 11 is 0. The van der Waals surface area contributed by atoms with Crippen LogP contribution >= 0.6 is 0 Å². The normalized spacial score (nSPS) is 14.5. The molecule has 4 heteroatoms. The van der Waals surface area contributed by atoms with Crippen molar-refractivity contribution in [2.75, 3.05) is 0 Å². The van der Waals surface area contributed by atoms with Crippen molar-refractivity contribution in [2.24, 2.45) is 0 Å². The highest BCUT2D eigenvalue weighted by molar-refractivity contribution is 6.74. The van der Waals surface area contributed by atoms with Gasteiger partial charge >= 0.3 is 0 Å². The second-order valence-electron chi connectivity index (χ2n) is 5.35. The van der Waals surface area contributed by atoms with Crippen LogP contribution in [0.15, 0.2) is 24.0 Å². The van der Waals surface area contributed by atoms with Gasteiger partial charge in [0.05, 0.1) is 0 Å². The largest absolute Gasteiger partial charge is 0.540 e. The van der Waals surface area contributed by atoms with Gasteiger partial charge in [-0.3, -0.25) is 0 Å². The first-order valence-electron chi connectivity index (χ1n) is 5.45. The molecule has 0 unspecified atom stereocenters. The summed E-state index contributed by atoms with van der Waals surface area (Å²) < 4.78 is 32.2. The Labute approximate surface area is 98.3 Å². The van der Waals surface area contributed by atoms with Gasteiger partial charge in [0, 0.05) is 6.42 Å². The van der Waals surface area contributed by atoms with Gasteiger partial charge in [0.15, 0.2) is 11.6 Å². The van der Waals surface area contributed by atoms with E-state index in [2.05, 4.69) is 6.58 Å². The molecule has 0 atom stereocenters. The smallest absolute Gasteiger partial charge is 0.250 e. The molecule has 0 bridgehead atoms. The predicted octanol–water partition coefficient (Wildman–Crippen LogP) is 5.08. The van der Waals surface area contributed by atoms with Gasteiger partial charge in [-0.1, -0.05) is 34.3 Å². The third kappa shape index (κ3) is 3.74. The topological polar surface area (TPSA) is 9.23 Å². The fourth-order valence-electron chi connectivity index (χ4n) is 0.827. The van der Waals surface area contributed by atoms with Crippen LogP contribution in [-0.2, 0) is 4.43 Å². The fraction of sp³-hybridized carbons (Fsp3) is 0.667. The van der Waals surface area contributed by atoms with Crippen molar-refractivity contribution in [1.29, 1.82) is 0 Å². The molecule has 0 saturated carbocycles. The lowest BCUT2D eigenvalue weighted by Gasteiger charge is -2.37. The number of hydrogen-bond donors (Lipinski definition) is 0. The van der Waals surface area contributed by atoms with Gasteiger partial charge in [0.2, 0.25) is 0 Å². The van der Waals surface area contributed by atoms with Crippen LogP contribution in [-0.4, -0.2) is 8.32 Å². The summed E-state index contributed by atoms with van der Waals surface area (Å²) in [5.74, 6) is -1.70. The van der Waals surface area contributed by atoms with E-state index in [9.17, 15) is 8.78 Å². The van der Waals surface area contributed by atoms with Crippen molar-refractivity contribution < 1.29 is 13.2 Å². The first kappa shape index (κ1) is 15.4. The van der Waals surface area contributed by atoms with Crippen molar-refractivity contribution in [3.05, 3.63) is 24.0 Å². The summed E-state index contributed by atoms with van der Waals surface area (Å²) in [4.78, 5) is 0. The molecule has 0 fully saturated rings. The lowest BCUT2D eigenvalue weighted by Crippen LogP contribution is -2.40. The summed E-state index contributed by atoms with van der Waals surface area (Å²) in [5.41, 5.74) is 0. The molecule has 0 aliphatic heterocycles. The zero-order valence-corrected chi connectivity index (χ0v) is 12.1. The van der Waals surface area contributed by atoms with Crippen LogP contribution in [0.1, 0.15) is 34.1 Å². The van der Waals surface area contributed by atoms with Crippen LogP contribution in [0.3, 0.4) is 0 Å². The van der Waals surface area contributed by atoms with Crippen LogP contribution in [0.4, 0.5) is 8.78 Å². The lowest BCUT2D eigenvalue weighted by atomic mass is 10.2. The Morgan fingerprint density at radius 1 is 1.25 bits per heavy atom. The number of halogens is 2. The molecule has 0 heterocycles. The Morgan fingerprint density at radius 3 is 1.94 bits per heavy atom. The van der Waals surface area contributed by atoms with Gasteiger partial charge < -0.3 is 4.43 Å². The van der Waals surface area contributed by atoms with E-state index in [4.69, 9.17) is 4.43 Å². The van der Waals surface area contributed by atoms with Crippen molar-refractivity contribution in [3.8, 4) is 0 Å². The molecular weight excluding hydrogens is 226 g/mol. The molecule has 16 heavy (non-hydrogen) atoms. The summed E-state index contributed by atoms with van der Waals surface area (Å²) in [5, 5.41) is -0.0955. The van der Waals surface area contributed by atoms with E-state index in [1.54, 1.807) is 6.92 Å². The summed E-state index contributed by atoms with van der Waals surface area (Å²) in [7, 11) is -2.21. The zero-order valence-electron chi connectivity index (χ0n) is 11.1. The molecule has 0 aromatic rings. The monoisotopic (exact) mass is 248 g/mol. The average molecular weight is 248 g/mol. The molecule has 0 radical (unpaired) electrons. The molecule has 0 aliphatic rings. The second kappa shape index (κ2) is 5.12. The molecule has 0 spiro atoms. The molecule has 0 amide bonds. The average Bonchev–Trinajstić information content (AvgIpc) is 2.10. The minimum absolute atomic E-state index is 0.0955. The van der Waals surface area contributed by atoms with Crippen molar-refractivity contribution in [1.82, 2.24) is 0 Å². The Hall–Kier alpha value is -0.643. The quantitative estimate of drug-likeness (QED) is 0.383. The van der Waals surface area contributed by atoms with Gasteiger partial charge in [0.25, 0.3) is 8.32 Å². The van der Waals surface area contributed by atoms with E-state index in [0.29, 0.717) is 0 Å².